The molecule has 0 radical (unpaired) electrons. The van der Waals surface area contributed by atoms with Crippen LogP contribution in [0.5, 0.6) is 0 Å². The van der Waals surface area contributed by atoms with Gasteiger partial charge in [-0.25, -0.2) is 4.79 Å². The first-order chi connectivity index (χ1) is 12.3. The molecular formula is C17H20N2O7. The van der Waals surface area contributed by atoms with Crippen LogP contribution in [0.15, 0.2) is 32.8 Å². The third-order valence-electron chi connectivity index (χ3n) is 3.96. The number of carbonyl (C=O) groups excluding carboxylic acids is 2. The van der Waals surface area contributed by atoms with Crippen LogP contribution in [0.3, 0.4) is 0 Å². The molecule has 0 spiro atoms. The van der Waals surface area contributed by atoms with Crippen LogP contribution in [0.2, 0.25) is 0 Å². The van der Waals surface area contributed by atoms with Crippen molar-refractivity contribution in [3.8, 4) is 0 Å². The Balaban J connectivity index is 2.61. The Bertz CT molecular complexity index is 791. The van der Waals surface area contributed by atoms with Gasteiger partial charge in [-0.05, 0) is 33.8 Å². The summed E-state index contributed by atoms with van der Waals surface area (Å²) < 4.78 is 15.5. The van der Waals surface area contributed by atoms with E-state index in [1.165, 1.54) is 12.1 Å². The first-order valence-corrected chi connectivity index (χ1v) is 8.15. The lowest BCUT2D eigenvalue weighted by Crippen LogP contribution is -2.36. The summed E-state index contributed by atoms with van der Waals surface area (Å²) in [5.74, 6) is -3.48. The summed E-state index contributed by atoms with van der Waals surface area (Å²) in [5.41, 5.74) is 0.920. The standard InChI is InChI=1S/C17H20N2O7/c1-5-24-16(20)13-9(3)18-10(4)14(17(21)25-6-2)15(13)11-7-8-12(26-11)19(22)23/h7-8,13,15H,5-6H2,1-4H3/t13?,15-/m0/s1. The number of hydrogen-bond acceptors (Lipinski definition) is 8. The Morgan fingerprint density at radius 2 is 1.88 bits per heavy atom. The fourth-order valence-electron chi connectivity index (χ4n) is 2.96. The quantitative estimate of drug-likeness (QED) is 0.432. The van der Waals surface area contributed by atoms with Crippen LogP contribution >= 0.6 is 0 Å². The molecule has 1 aliphatic heterocycles. The van der Waals surface area contributed by atoms with Crippen molar-refractivity contribution in [1.29, 1.82) is 0 Å². The Labute approximate surface area is 149 Å². The van der Waals surface area contributed by atoms with Gasteiger partial charge in [-0.1, -0.05) is 0 Å². The van der Waals surface area contributed by atoms with Gasteiger partial charge in [0, 0.05) is 11.4 Å². The third-order valence-corrected chi connectivity index (χ3v) is 3.96. The van der Waals surface area contributed by atoms with Crippen molar-refractivity contribution in [1.82, 2.24) is 0 Å². The van der Waals surface area contributed by atoms with Gasteiger partial charge in [-0.15, -0.1) is 0 Å². The summed E-state index contributed by atoms with van der Waals surface area (Å²) in [6, 6.07) is 2.55. The van der Waals surface area contributed by atoms with Crippen molar-refractivity contribution in [2.24, 2.45) is 10.9 Å². The fourth-order valence-corrected chi connectivity index (χ4v) is 2.96. The van der Waals surface area contributed by atoms with Crippen molar-refractivity contribution >= 4 is 23.5 Å². The predicted molar refractivity (Wildman–Crippen MR) is 90.7 cm³/mol. The van der Waals surface area contributed by atoms with Crippen LogP contribution in [-0.2, 0) is 19.1 Å². The van der Waals surface area contributed by atoms with Gasteiger partial charge in [-0.3, -0.25) is 19.9 Å². The second kappa shape index (κ2) is 7.94. The molecule has 0 fully saturated rings. The van der Waals surface area contributed by atoms with Crippen LogP contribution in [0.4, 0.5) is 5.88 Å². The SMILES string of the molecule is CCOC(=O)C1=C(C)N=C(C)C(C(=O)OCC)[C@@H]1c1ccc([N+](=O)[O-])o1. The number of hydrogen-bond donors (Lipinski definition) is 0. The lowest BCUT2D eigenvalue weighted by molar-refractivity contribution is -0.402. The molecule has 0 bridgehead atoms. The zero-order chi connectivity index (χ0) is 19.4. The molecule has 2 atom stereocenters. The van der Waals surface area contributed by atoms with E-state index in [2.05, 4.69) is 4.99 Å². The molecule has 9 heteroatoms. The average Bonchev–Trinajstić information content (AvgIpc) is 3.04. The van der Waals surface area contributed by atoms with Gasteiger partial charge in [0.2, 0.25) is 0 Å². The largest absolute Gasteiger partial charge is 0.465 e. The maximum absolute atomic E-state index is 12.5. The number of esters is 2. The lowest BCUT2D eigenvalue weighted by atomic mass is 9.78. The zero-order valence-electron chi connectivity index (χ0n) is 15.0. The smallest absolute Gasteiger partial charge is 0.433 e. The van der Waals surface area contributed by atoms with Crippen molar-refractivity contribution < 1.29 is 28.4 Å². The highest BCUT2D eigenvalue weighted by Gasteiger charge is 2.44. The molecule has 1 aliphatic rings. The number of rotatable bonds is 6. The number of aliphatic imine (C=N–C) groups is 1. The Kier molecular flexibility index (Phi) is 5.91. The number of ether oxygens (including phenoxy) is 2. The summed E-state index contributed by atoms with van der Waals surface area (Å²) in [6.07, 6.45) is 0. The minimum atomic E-state index is -0.941. The van der Waals surface area contributed by atoms with Crippen molar-refractivity contribution in [2.45, 2.75) is 33.6 Å². The van der Waals surface area contributed by atoms with Gasteiger partial charge in [0.25, 0.3) is 0 Å². The van der Waals surface area contributed by atoms with E-state index in [-0.39, 0.29) is 24.5 Å². The second-order valence-electron chi connectivity index (χ2n) is 5.61. The molecule has 26 heavy (non-hydrogen) atoms. The summed E-state index contributed by atoms with van der Waals surface area (Å²) in [6.45, 7) is 6.84. The molecule has 0 N–H and O–H groups in total. The van der Waals surface area contributed by atoms with Crippen molar-refractivity contribution in [2.75, 3.05) is 13.2 Å². The summed E-state index contributed by atoms with van der Waals surface area (Å²) in [7, 11) is 0. The molecule has 1 aromatic rings. The van der Waals surface area contributed by atoms with E-state index in [4.69, 9.17) is 13.9 Å². The Morgan fingerprint density at radius 3 is 2.42 bits per heavy atom. The van der Waals surface area contributed by atoms with E-state index >= 15 is 0 Å². The highest BCUT2D eigenvalue weighted by atomic mass is 16.6. The number of allylic oxidation sites excluding steroid dienone is 1. The molecule has 9 nitrogen and oxygen atoms in total. The highest BCUT2D eigenvalue weighted by molar-refractivity contribution is 6.06. The molecule has 0 saturated heterocycles. The molecule has 0 aromatic carbocycles. The van der Waals surface area contributed by atoms with Crippen molar-refractivity contribution in [3.05, 3.63) is 39.3 Å². The van der Waals surface area contributed by atoms with Gasteiger partial charge < -0.3 is 13.9 Å². The lowest BCUT2D eigenvalue weighted by Gasteiger charge is -2.29. The molecular weight excluding hydrogens is 344 g/mol. The Hall–Kier alpha value is -2.97. The molecule has 2 rings (SSSR count). The number of furan rings is 1. The third kappa shape index (κ3) is 3.66. The minimum absolute atomic E-state index is 0.103. The van der Waals surface area contributed by atoms with E-state index in [0.29, 0.717) is 11.4 Å². The normalized spacial score (nSPS) is 19.8. The minimum Gasteiger partial charge on any atom is -0.465 e. The van der Waals surface area contributed by atoms with Gasteiger partial charge in [0.1, 0.15) is 16.6 Å². The second-order valence-corrected chi connectivity index (χ2v) is 5.61. The molecule has 2 heterocycles. The van der Waals surface area contributed by atoms with E-state index in [1.54, 1.807) is 27.7 Å². The van der Waals surface area contributed by atoms with E-state index < -0.39 is 34.6 Å². The molecule has 140 valence electrons. The van der Waals surface area contributed by atoms with E-state index in [0.717, 1.165) is 0 Å². The summed E-state index contributed by atoms with van der Waals surface area (Å²) >= 11 is 0. The number of carbonyl (C=O) groups is 2. The van der Waals surface area contributed by atoms with Gasteiger partial charge in [0.15, 0.2) is 0 Å². The fraction of sp³-hybridized carbons (Fsp3) is 0.471. The average molecular weight is 364 g/mol. The maximum Gasteiger partial charge on any atom is 0.433 e. The number of nitro groups is 1. The first-order valence-electron chi connectivity index (χ1n) is 8.15. The topological polar surface area (TPSA) is 121 Å². The molecule has 0 saturated carbocycles. The maximum atomic E-state index is 12.5. The summed E-state index contributed by atoms with van der Waals surface area (Å²) in [5, 5.41) is 11.0. The molecule has 1 aromatic heterocycles. The van der Waals surface area contributed by atoms with Crippen LogP contribution in [0.25, 0.3) is 0 Å². The molecule has 1 unspecified atom stereocenters. The van der Waals surface area contributed by atoms with Gasteiger partial charge in [-0.2, -0.15) is 0 Å². The predicted octanol–water partition coefficient (Wildman–Crippen LogP) is 2.76. The van der Waals surface area contributed by atoms with E-state index in [1.807, 2.05) is 0 Å². The van der Waals surface area contributed by atoms with Gasteiger partial charge in [0.05, 0.1) is 30.8 Å². The van der Waals surface area contributed by atoms with Crippen LogP contribution in [-0.4, -0.2) is 35.8 Å². The number of nitrogens with zero attached hydrogens (tertiary/aromatic N) is 2. The molecule has 0 amide bonds. The van der Waals surface area contributed by atoms with Crippen LogP contribution in [0.1, 0.15) is 39.4 Å². The summed E-state index contributed by atoms with van der Waals surface area (Å²) in [4.78, 5) is 39.6. The highest BCUT2D eigenvalue weighted by Crippen LogP contribution is 2.41. The van der Waals surface area contributed by atoms with E-state index in [9.17, 15) is 19.7 Å². The monoisotopic (exact) mass is 364 g/mol. The first kappa shape index (κ1) is 19.4. The van der Waals surface area contributed by atoms with Crippen LogP contribution in [0, 0.1) is 16.0 Å². The van der Waals surface area contributed by atoms with Gasteiger partial charge >= 0.3 is 17.8 Å². The Morgan fingerprint density at radius 1 is 1.23 bits per heavy atom. The zero-order valence-corrected chi connectivity index (χ0v) is 15.0. The molecule has 0 aliphatic carbocycles. The van der Waals surface area contributed by atoms with Crippen LogP contribution < -0.4 is 0 Å². The van der Waals surface area contributed by atoms with Crippen molar-refractivity contribution in [3.63, 3.8) is 0 Å².